The minimum absolute atomic E-state index is 0.119. The Morgan fingerprint density at radius 2 is 1.14 bits per heavy atom. The molecule has 0 unspecified atom stereocenters. The van der Waals surface area contributed by atoms with Crippen molar-refractivity contribution in [3.63, 3.8) is 0 Å². The topological polar surface area (TPSA) is 38.7 Å². The summed E-state index contributed by atoms with van der Waals surface area (Å²) in [6, 6.07) is 50.3. The van der Waals surface area contributed by atoms with Gasteiger partial charge in [0.15, 0.2) is 5.82 Å². The highest BCUT2D eigenvalue weighted by atomic mass is 14.9. The van der Waals surface area contributed by atoms with Crippen molar-refractivity contribution in [2.45, 2.75) is 19.3 Å². The van der Waals surface area contributed by atoms with Gasteiger partial charge >= 0.3 is 0 Å². The Bertz CT molecular complexity index is 2730. The van der Waals surface area contributed by atoms with Crippen molar-refractivity contribution in [2.75, 3.05) is 0 Å². The molecule has 3 nitrogen and oxygen atoms in total. The molecule has 0 atom stereocenters. The Labute approximate surface area is 284 Å². The number of benzene rings is 7. The predicted molar refractivity (Wildman–Crippen MR) is 203 cm³/mol. The molecule has 0 N–H and O–H groups in total. The summed E-state index contributed by atoms with van der Waals surface area (Å²) in [6.07, 6.45) is 3.72. The van der Waals surface area contributed by atoms with Gasteiger partial charge in [0.1, 0.15) is 0 Å². The van der Waals surface area contributed by atoms with E-state index in [0.717, 1.165) is 45.0 Å². The Morgan fingerprint density at radius 3 is 2.00 bits per heavy atom. The van der Waals surface area contributed by atoms with Crippen LogP contribution < -0.4 is 0 Å². The van der Waals surface area contributed by atoms with Gasteiger partial charge in [0.25, 0.3) is 0 Å². The lowest BCUT2D eigenvalue weighted by molar-refractivity contribution is 0.660. The summed E-state index contributed by atoms with van der Waals surface area (Å²) >= 11 is 0. The second-order valence-corrected chi connectivity index (χ2v) is 13.7. The van der Waals surface area contributed by atoms with Crippen molar-refractivity contribution in [1.29, 1.82) is 0 Å². The number of aromatic nitrogens is 3. The van der Waals surface area contributed by atoms with E-state index < -0.39 is 0 Å². The molecule has 0 amide bonds. The fourth-order valence-corrected chi connectivity index (χ4v) is 8.06. The molecule has 0 saturated heterocycles. The molecule has 2 aromatic heterocycles. The zero-order valence-corrected chi connectivity index (χ0v) is 27.3. The summed E-state index contributed by atoms with van der Waals surface area (Å²) in [5.74, 6) is 0.722. The second-order valence-electron chi connectivity index (χ2n) is 13.7. The molecule has 7 aromatic carbocycles. The summed E-state index contributed by atoms with van der Waals surface area (Å²) in [6.45, 7) is 4.64. The van der Waals surface area contributed by atoms with Gasteiger partial charge < -0.3 is 0 Å². The highest BCUT2D eigenvalue weighted by molar-refractivity contribution is 6.25. The van der Waals surface area contributed by atoms with Crippen molar-refractivity contribution in [1.82, 2.24) is 15.0 Å². The lowest BCUT2D eigenvalue weighted by Gasteiger charge is -2.22. The predicted octanol–water partition coefficient (Wildman–Crippen LogP) is 11.7. The monoisotopic (exact) mass is 625 g/mol. The van der Waals surface area contributed by atoms with E-state index in [1.54, 1.807) is 0 Å². The van der Waals surface area contributed by atoms with Crippen LogP contribution in [-0.2, 0) is 5.41 Å². The number of hydrogen-bond donors (Lipinski definition) is 0. The molecular weight excluding hydrogens is 595 g/mol. The smallest absolute Gasteiger partial charge is 0.160 e. The number of hydrogen-bond acceptors (Lipinski definition) is 3. The van der Waals surface area contributed by atoms with Crippen LogP contribution in [0.1, 0.15) is 25.0 Å². The molecule has 0 saturated carbocycles. The van der Waals surface area contributed by atoms with E-state index in [-0.39, 0.29) is 5.41 Å². The second kappa shape index (κ2) is 10.4. The van der Waals surface area contributed by atoms with Crippen LogP contribution in [0.2, 0.25) is 0 Å². The largest absolute Gasteiger partial charge is 0.264 e. The first-order chi connectivity index (χ1) is 24.0. The van der Waals surface area contributed by atoms with Gasteiger partial charge in [0, 0.05) is 40.1 Å². The quantitative estimate of drug-likeness (QED) is 0.183. The van der Waals surface area contributed by atoms with E-state index in [1.807, 2.05) is 18.5 Å². The molecule has 0 radical (unpaired) electrons. The third kappa shape index (κ3) is 4.25. The average Bonchev–Trinajstić information content (AvgIpc) is 3.39. The van der Waals surface area contributed by atoms with Crippen LogP contribution in [0, 0.1) is 0 Å². The molecule has 1 aliphatic carbocycles. The molecule has 10 rings (SSSR count). The van der Waals surface area contributed by atoms with Gasteiger partial charge in [-0.25, -0.2) is 9.97 Å². The van der Waals surface area contributed by atoms with Gasteiger partial charge in [0.2, 0.25) is 0 Å². The highest BCUT2D eigenvalue weighted by Gasteiger charge is 2.35. The van der Waals surface area contributed by atoms with Gasteiger partial charge in [0.05, 0.1) is 11.4 Å². The molecule has 1 aliphatic rings. The van der Waals surface area contributed by atoms with Gasteiger partial charge in [-0.3, -0.25) is 4.98 Å². The van der Waals surface area contributed by atoms with Crippen molar-refractivity contribution in [2.24, 2.45) is 0 Å². The summed E-state index contributed by atoms with van der Waals surface area (Å²) in [4.78, 5) is 15.0. The molecule has 0 spiro atoms. The van der Waals surface area contributed by atoms with E-state index in [4.69, 9.17) is 9.97 Å². The van der Waals surface area contributed by atoms with Crippen LogP contribution in [0.3, 0.4) is 0 Å². The Kier molecular flexibility index (Phi) is 5.92. The SMILES string of the molecule is CC1(C)c2ccccc2-c2ccc(-c3nc(-c4cccc(-c5cccnc5)c4)cc(-c4ccc5ccc6cccc7ccc4c5c67)n3)cc21. The third-order valence-corrected chi connectivity index (χ3v) is 10.5. The summed E-state index contributed by atoms with van der Waals surface area (Å²) in [5, 5.41) is 7.54. The first-order valence-electron chi connectivity index (χ1n) is 16.8. The number of nitrogens with zero attached hydrogens (tertiary/aromatic N) is 3. The molecule has 0 bridgehead atoms. The van der Waals surface area contributed by atoms with Crippen molar-refractivity contribution in [3.8, 4) is 56.2 Å². The van der Waals surface area contributed by atoms with Crippen LogP contribution >= 0.6 is 0 Å². The molecule has 0 aliphatic heterocycles. The molecule has 230 valence electrons. The molecule has 49 heavy (non-hydrogen) atoms. The normalized spacial score (nSPS) is 13.3. The van der Waals surface area contributed by atoms with E-state index >= 15 is 0 Å². The van der Waals surface area contributed by atoms with Gasteiger partial charge in [-0.05, 0) is 84.4 Å². The average molecular weight is 626 g/mol. The maximum absolute atomic E-state index is 5.36. The van der Waals surface area contributed by atoms with Crippen molar-refractivity contribution >= 4 is 32.3 Å². The van der Waals surface area contributed by atoms with E-state index in [0.29, 0.717) is 0 Å². The zero-order chi connectivity index (χ0) is 32.7. The molecular formula is C46H31N3. The Balaban J connectivity index is 1.21. The maximum atomic E-state index is 5.36. The summed E-state index contributed by atoms with van der Waals surface area (Å²) in [5.41, 5.74) is 12.3. The van der Waals surface area contributed by atoms with Gasteiger partial charge in [-0.1, -0.05) is 129 Å². The first-order valence-corrected chi connectivity index (χ1v) is 16.8. The fraction of sp³-hybridized carbons (Fsp3) is 0.0652. The molecule has 3 heteroatoms. The van der Waals surface area contributed by atoms with Gasteiger partial charge in [-0.15, -0.1) is 0 Å². The minimum atomic E-state index is -0.119. The maximum Gasteiger partial charge on any atom is 0.160 e. The summed E-state index contributed by atoms with van der Waals surface area (Å²) < 4.78 is 0. The van der Waals surface area contributed by atoms with Crippen LogP contribution in [0.15, 0.2) is 152 Å². The lowest BCUT2D eigenvalue weighted by Crippen LogP contribution is -2.15. The lowest BCUT2D eigenvalue weighted by atomic mass is 9.82. The Hall–Kier alpha value is -6.19. The van der Waals surface area contributed by atoms with Gasteiger partial charge in [-0.2, -0.15) is 0 Å². The number of rotatable bonds is 4. The Morgan fingerprint density at radius 1 is 0.449 bits per heavy atom. The molecule has 2 heterocycles. The van der Waals surface area contributed by atoms with Crippen LogP contribution in [-0.4, -0.2) is 15.0 Å². The van der Waals surface area contributed by atoms with Crippen LogP contribution in [0.25, 0.3) is 88.5 Å². The first kappa shape index (κ1) is 27.9. The van der Waals surface area contributed by atoms with Crippen molar-refractivity contribution < 1.29 is 0 Å². The fourth-order valence-electron chi connectivity index (χ4n) is 8.06. The third-order valence-electron chi connectivity index (χ3n) is 10.5. The summed E-state index contributed by atoms with van der Waals surface area (Å²) in [7, 11) is 0. The minimum Gasteiger partial charge on any atom is -0.264 e. The van der Waals surface area contributed by atoms with E-state index in [9.17, 15) is 0 Å². The molecule has 0 fully saturated rings. The van der Waals surface area contributed by atoms with Crippen LogP contribution in [0.4, 0.5) is 0 Å². The number of pyridine rings is 1. The zero-order valence-electron chi connectivity index (χ0n) is 27.3. The van der Waals surface area contributed by atoms with E-state index in [1.165, 1.54) is 54.6 Å². The molecule has 9 aromatic rings. The van der Waals surface area contributed by atoms with Crippen molar-refractivity contribution in [3.05, 3.63) is 163 Å². The standard InChI is InChI=1S/C46H31N3/c1-46(2)39-14-4-3-13-35(39)36-20-19-33(25-40(36)46)45-48-41(32-11-6-10-31(24-32)34-12-7-23-47-27-34)26-42(49-45)37-21-17-30-16-15-28-8-5-9-29-18-22-38(37)44(30)43(28)29/h3-27H,1-2H3. The number of fused-ring (bicyclic) bond motifs is 3. The highest BCUT2D eigenvalue weighted by Crippen LogP contribution is 2.49. The van der Waals surface area contributed by atoms with E-state index in [2.05, 4.69) is 152 Å². The van der Waals surface area contributed by atoms with Crippen LogP contribution in [0.5, 0.6) is 0 Å².